The Kier molecular flexibility index (Phi) is 4.09. The number of fused-ring (bicyclic) bond motifs is 2. The lowest BCUT2D eigenvalue weighted by Crippen LogP contribution is -2.19. The van der Waals surface area contributed by atoms with Crippen molar-refractivity contribution < 1.29 is 14.3 Å². The summed E-state index contributed by atoms with van der Waals surface area (Å²) in [5.74, 6) is 1.25. The van der Waals surface area contributed by atoms with Crippen molar-refractivity contribution in [2.75, 3.05) is 18.5 Å². The minimum absolute atomic E-state index is 0.126. The third-order valence-electron chi connectivity index (χ3n) is 4.00. The zero-order valence-corrected chi connectivity index (χ0v) is 15.2. The number of anilines is 1. The molecule has 2 heterocycles. The molecule has 4 rings (SSSR count). The van der Waals surface area contributed by atoms with Crippen molar-refractivity contribution in [2.24, 2.45) is 0 Å². The van der Waals surface area contributed by atoms with E-state index in [2.05, 4.69) is 26.2 Å². The molecule has 0 saturated heterocycles. The summed E-state index contributed by atoms with van der Waals surface area (Å²) < 4.78 is 13.8. The van der Waals surface area contributed by atoms with E-state index in [1.165, 1.54) is 0 Å². The largest absolute Gasteiger partial charge is 0.486 e. The van der Waals surface area contributed by atoms with Gasteiger partial charge in [0.1, 0.15) is 19.8 Å². The number of hydrogen-bond donors (Lipinski definition) is 1. The maximum absolute atomic E-state index is 12.4. The summed E-state index contributed by atoms with van der Waals surface area (Å²) in [6.45, 7) is 3.22. The minimum atomic E-state index is -0.126. The van der Waals surface area contributed by atoms with Gasteiger partial charge in [0, 0.05) is 16.6 Å². The van der Waals surface area contributed by atoms with Gasteiger partial charge >= 0.3 is 0 Å². The van der Waals surface area contributed by atoms with Crippen molar-refractivity contribution in [1.29, 1.82) is 0 Å². The lowest BCUT2D eigenvalue weighted by atomic mass is 10.2. The van der Waals surface area contributed by atoms with Gasteiger partial charge < -0.3 is 19.4 Å². The summed E-state index contributed by atoms with van der Waals surface area (Å²) in [5.41, 5.74) is 3.47. The number of imidazole rings is 1. The Morgan fingerprint density at radius 3 is 2.76 bits per heavy atom. The number of nitrogens with one attached hydrogen (secondary N) is 1. The molecule has 0 aliphatic carbocycles. The fraction of sp³-hybridized carbons (Fsp3) is 0.222. The summed E-state index contributed by atoms with van der Waals surface area (Å²) in [6, 6.07) is 9.51. The van der Waals surface area contributed by atoms with Crippen molar-refractivity contribution in [1.82, 2.24) is 9.55 Å². The first kappa shape index (κ1) is 16.0. The van der Waals surface area contributed by atoms with E-state index in [9.17, 15) is 4.79 Å². The molecular formula is C18H16BrN3O3. The van der Waals surface area contributed by atoms with Crippen LogP contribution in [0, 0.1) is 6.92 Å². The molecule has 0 atom stereocenters. The molecule has 1 N–H and O–H groups in total. The molecule has 6 nitrogen and oxygen atoms in total. The van der Waals surface area contributed by atoms with Crippen LogP contribution in [0.4, 0.5) is 5.69 Å². The highest BCUT2D eigenvalue weighted by Gasteiger charge is 2.16. The molecule has 0 radical (unpaired) electrons. The van der Waals surface area contributed by atoms with E-state index in [1.54, 1.807) is 10.9 Å². The number of carbonyl (C=O) groups is 1. The van der Waals surface area contributed by atoms with Gasteiger partial charge in [-0.2, -0.15) is 0 Å². The molecule has 1 aliphatic heterocycles. The van der Waals surface area contributed by atoms with Crippen LogP contribution in [0.1, 0.15) is 5.56 Å². The minimum Gasteiger partial charge on any atom is -0.486 e. The smallest absolute Gasteiger partial charge is 0.244 e. The lowest BCUT2D eigenvalue weighted by molar-refractivity contribution is -0.116. The zero-order chi connectivity index (χ0) is 17.4. The van der Waals surface area contributed by atoms with Crippen LogP contribution in [0.5, 0.6) is 11.5 Å². The Bertz CT molecular complexity index is 968. The highest BCUT2D eigenvalue weighted by atomic mass is 79.9. The second kappa shape index (κ2) is 6.40. The van der Waals surface area contributed by atoms with Gasteiger partial charge in [-0.1, -0.05) is 6.07 Å². The van der Waals surface area contributed by atoms with Gasteiger partial charge in [-0.3, -0.25) is 4.79 Å². The Morgan fingerprint density at radius 2 is 2.00 bits per heavy atom. The average Bonchev–Trinajstić information content (AvgIpc) is 2.97. The standard InChI is InChI=1S/C18H16BrN3O3/c1-11-2-3-13(12(19)6-11)21-18(23)9-22-10-20-14-7-16-17(8-15(14)22)25-5-4-24-16/h2-3,6-8,10H,4-5,9H2,1H3,(H,21,23). The molecule has 1 aromatic heterocycles. The highest BCUT2D eigenvalue weighted by Crippen LogP contribution is 2.34. The average molecular weight is 402 g/mol. The fourth-order valence-corrected chi connectivity index (χ4v) is 3.38. The summed E-state index contributed by atoms with van der Waals surface area (Å²) in [5, 5.41) is 2.91. The number of nitrogens with zero attached hydrogens (tertiary/aromatic N) is 2. The van der Waals surface area contributed by atoms with Crippen molar-refractivity contribution >= 4 is 38.6 Å². The maximum Gasteiger partial charge on any atom is 0.244 e. The van der Waals surface area contributed by atoms with Gasteiger partial charge in [0.2, 0.25) is 5.91 Å². The topological polar surface area (TPSA) is 65.4 Å². The van der Waals surface area contributed by atoms with Crippen LogP contribution in [-0.2, 0) is 11.3 Å². The van der Waals surface area contributed by atoms with E-state index in [4.69, 9.17) is 9.47 Å². The van der Waals surface area contributed by atoms with Crippen molar-refractivity contribution in [3.8, 4) is 11.5 Å². The van der Waals surface area contributed by atoms with E-state index >= 15 is 0 Å². The van der Waals surface area contributed by atoms with Gasteiger partial charge in [0.25, 0.3) is 0 Å². The predicted octanol–water partition coefficient (Wildman–Crippen LogP) is 3.52. The molecule has 0 fully saturated rings. The van der Waals surface area contributed by atoms with E-state index in [1.807, 2.05) is 37.3 Å². The molecule has 0 saturated carbocycles. The Labute approximate surface area is 152 Å². The first-order chi connectivity index (χ1) is 12.1. The number of hydrogen-bond acceptors (Lipinski definition) is 4. The summed E-state index contributed by atoms with van der Waals surface area (Å²) >= 11 is 3.47. The van der Waals surface area contributed by atoms with Crippen LogP contribution >= 0.6 is 15.9 Å². The third kappa shape index (κ3) is 3.19. The van der Waals surface area contributed by atoms with E-state index in [0.29, 0.717) is 24.7 Å². The number of amides is 1. The monoisotopic (exact) mass is 401 g/mol. The summed E-state index contributed by atoms with van der Waals surface area (Å²) in [4.78, 5) is 16.8. The normalized spacial score (nSPS) is 13.0. The molecule has 2 aromatic carbocycles. The lowest BCUT2D eigenvalue weighted by Gasteiger charge is -2.18. The van der Waals surface area contributed by atoms with Crippen LogP contribution in [0.2, 0.25) is 0 Å². The first-order valence-electron chi connectivity index (χ1n) is 7.90. The van der Waals surface area contributed by atoms with Gasteiger partial charge in [-0.25, -0.2) is 4.98 Å². The first-order valence-corrected chi connectivity index (χ1v) is 8.70. The van der Waals surface area contributed by atoms with Crippen LogP contribution in [-0.4, -0.2) is 28.7 Å². The number of ether oxygens (including phenoxy) is 2. The molecule has 128 valence electrons. The van der Waals surface area contributed by atoms with E-state index in [0.717, 1.165) is 26.8 Å². The molecule has 0 bridgehead atoms. The fourth-order valence-electron chi connectivity index (χ4n) is 2.79. The summed E-state index contributed by atoms with van der Waals surface area (Å²) in [6.07, 6.45) is 1.65. The van der Waals surface area contributed by atoms with Crippen molar-refractivity contribution in [3.63, 3.8) is 0 Å². The SMILES string of the molecule is Cc1ccc(NC(=O)Cn2cnc3cc4c(cc32)OCCO4)c(Br)c1. The molecule has 3 aromatic rings. The molecule has 0 spiro atoms. The number of halogens is 1. The number of benzene rings is 2. The van der Waals surface area contributed by atoms with Crippen molar-refractivity contribution in [2.45, 2.75) is 13.5 Å². The zero-order valence-electron chi connectivity index (χ0n) is 13.6. The van der Waals surface area contributed by atoms with Crippen LogP contribution in [0.15, 0.2) is 41.1 Å². The Hall–Kier alpha value is -2.54. The number of aromatic nitrogens is 2. The summed E-state index contributed by atoms with van der Waals surface area (Å²) in [7, 11) is 0. The molecule has 25 heavy (non-hydrogen) atoms. The molecule has 1 amide bonds. The van der Waals surface area contributed by atoms with Crippen LogP contribution in [0.25, 0.3) is 11.0 Å². The quantitative estimate of drug-likeness (QED) is 0.728. The molecule has 7 heteroatoms. The highest BCUT2D eigenvalue weighted by molar-refractivity contribution is 9.10. The molecule has 1 aliphatic rings. The van der Waals surface area contributed by atoms with E-state index in [-0.39, 0.29) is 12.5 Å². The number of rotatable bonds is 3. The predicted molar refractivity (Wildman–Crippen MR) is 98.2 cm³/mol. The second-order valence-corrected chi connectivity index (χ2v) is 6.74. The van der Waals surface area contributed by atoms with Gasteiger partial charge in [-0.05, 0) is 40.5 Å². The van der Waals surface area contributed by atoms with Gasteiger partial charge in [-0.15, -0.1) is 0 Å². The van der Waals surface area contributed by atoms with Gasteiger partial charge in [0.05, 0.1) is 23.0 Å². The Morgan fingerprint density at radius 1 is 1.24 bits per heavy atom. The molecule has 0 unspecified atom stereocenters. The Balaban J connectivity index is 1.56. The number of aryl methyl sites for hydroxylation is 1. The second-order valence-electron chi connectivity index (χ2n) is 5.89. The van der Waals surface area contributed by atoms with Crippen molar-refractivity contribution in [3.05, 3.63) is 46.7 Å². The van der Waals surface area contributed by atoms with Crippen LogP contribution < -0.4 is 14.8 Å². The van der Waals surface area contributed by atoms with E-state index < -0.39 is 0 Å². The maximum atomic E-state index is 12.4. The van der Waals surface area contributed by atoms with Gasteiger partial charge in [0.15, 0.2) is 11.5 Å². The number of carbonyl (C=O) groups excluding carboxylic acids is 1. The molecular weight excluding hydrogens is 386 g/mol. The van der Waals surface area contributed by atoms with Crippen LogP contribution in [0.3, 0.4) is 0 Å². The third-order valence-corrected chi connectivity index (χ3v) is 4.65.